The van der Waals surface area contributed by atoms with Crippen molar-refractivity contribution < 1.29 is 0 Å². The molecule has 0 unspecified atom stereocenters. The third kappa shape index (κ3) is 3.36. The van der Waals surface area contributed by atoms with Crippen molar-refractivity contribution in [2.75, 3.05) is 0 Å². The average molecular weight is 310 g/mol. The van der Waals surface area contributed by atoms with Gasteiger partial charge in [0.25, 0.3) is 0 Å². The maximum absolute atomic E-state index is 4.91. The van der Waals surface area contributed by atoms with Gasteiger partial charge in [-0.3, -0.25) is 0 Å². The van der Waals surface area contributed by atoms with Crippen molar-refractivity contribution in [2.45, 2.75) is 77.7 Å². The summed E-state index contributed by atoms with van der Waals surface area (Å²) in [5.74, 6) is 1.18. The van der Waals surface area contributed by atoms with Crippen molar-refractivity contribution in [3.63, 3.8) is 0 Å². The molecule has 0 amide bonds. The Bertz CT molecular complexity index is 648. The predicted octanol–water partition coefficient (Wildman–Crippen LogP) is 6.02. The van der Waals surface area contributed by atoms with Gasteiger partial charge in [0, 0.05) is 17.3 Å². The van der Waals surface area contributed by atoms with E-state index in [1.54, 1.807) is 0 Å². The number of unbranched alkanes of at least 4 members (excludes halogenated alkanes) is 1. The van der Waals surface area contributed by atoms with Crippen molar-refractivity contribution in [3.8, 4) is 11.3 Å². The highest BCUT2D eigenvalue weighted by Crippen LogP contribution is 2.40. The summed E-state index contributed by atoms with van der Waals surface area (Å²) in [5, 5.41) is 0. The van der Waals surface area contributed by atoms with Gasteiger partial charge in [-0.05, 0) is 39.2 Å². The molecule has 23 heavy (non-hydrogen) atoms. The minimum Gasteiger partial charge on any atom is -0.328 e. The molecule has 1 fully saturated rings. The monoisotopic (exact) mass is 310 g/mol. The van der Waals surface area contributed by atoms with Crippen molar-refractivity contribution >= 4 is 0 Å². The molecule has 1 aliphatic carbocycles. The number of hydrogen-bond donors (Lipinski definition) is 0. The summed E-state index contributed by atoms with van der Waals surface area (Å²) < 4.78 is 2.53. The molecule has 1 aromatic carbocycles. The van der Waals surface area contributed by atoms with Crippen molar-refractivity contribution in [1.29, 1.82) is 0 Å². The molecule has 2 heteroatoms. The summed E-state index contributed by atoms with van der Waals surface area (Å²) in [7, 11) is 0. The Labute approximate surface area is 141 Å². The molecule has 0 N–H and O–H groups in total. The van der Waals surface area contributed by atoms with Gasteiger partial charge in [0.2, 0.25) is 0 Å². The van der Waals surface area contributed by atoms with Gasteiger partial charge in [0.05, 0.1) is 5.69 Å². The molecular formula is C21H30N2. The van der Waals surface area contributed by atoms with Gasteiger partial charge >= 0.3 is 0 Å². The Hall–Kier alpha value is -1.57. The number of aryl methyl sites for hydroxylation is 2. The first-order valence-corrected chi connectivity index (χ1v) is 9.28. The van der Waals surface area contributed by atoms with Crippen molar-refractivity contribution in [2.24, 2.45) is 0 Å². The minimum absolute atomic E-state index is 0.313. The molecule has 1 aliphatic rings. The average Bonchev–Trinajstić information content (AvgIpc) is 2.96. The molecule has 0 aliphatic heterocycles. The van der Waals surface area contributed by atoms with E-state index in [0.717, 1.165) is 5.69 Å². The molecule has 1 saturated carbocycles. The molecule has 2 nitrogen and oxygen atoms in total. The molecule has 2 aromatic rings. The second-order valence-electron chi connectivity index (χ2n) is 7.30. The van der Waals surface area contributed by atoms with E-state index in [1.807, 2.05) is 0 Å². The SMILES string of the molecule is CCCCC1(n2cc(-c3cccc(C)c3)nc2C)CCCCC1. The third-order valence-corrected chi connectivity index (χ3v) is 5.49. The number of nitrogens with zero attached hydrogens (tertiary/aromatic N) is 2. The van der Waals surface area contributed by atoms with Gasteiger partial charge in [-0.25, -0.2) is 4.98 Å². The number of rotatable bonds is 5. The molecule has 0 bridgehead atoms. The van der Waals surface area contributed by atoms with Crippen LogP contribution in [0.25, 0.3) is 11.3 Å². The first-order chi connectivity index (χ1) is 11.1. The molecule has 1 aromatic heterocycles. The Morgan fingerprint density at radius 1 is 1.13 bits per heavy atom. The van der Waals surface area contributed by atoms with Crippen LogP contribution in [0.5, 0.6) is 0 Å². The third-order valence-electron chi connectivity index (χ3n) is 5.49. The van der Waals surface area contributed by atoms with Crippen LogP contribution < -0.4 is 0 Å². The highest BCUT2D eigenvalue weighted by atomic mass is 15.1. The van der Waals surface area contributed by atoms with E-state index < -0.39 is 0 Å². The van der Waals surface area contributed by atoms with E-state index in [4.69, 9.17) is 4.98 Å². The first-order valence-electron chi connectivity index (χ1n) is 9.28. The number of hydrogen-bond acceptors (Lipinski definition) is 1. The molecule has 0 saturated heterocycles. The maximum atomic E-state index is 4.91. The molecule has 3 rings (SSSR count). The zero-order chi connectivity index (χ0) is 16.3. The van der Waals surface area contributed by atoms with Crippen molar-refractivity contribution in [1.82, 2.24) is 9.55 Å². The van der Waals surface area contributed by atoms with Crippen LogP contribution in [0, 0.1) is 13.8 Å². The minimum atomic E-state index is 0.313. The molecule has 0 atom stereocenters. The van der Waals surface area contributed by atoms with Gasteiger partial charge in [-0.15, -0.1) is 0 Å². The zero-order valence-electron chi connectivity index (χ0n) is 14.9. The van der Waals surface area contributed by atoms with Crippen molar-refractivity contribution in [3.05, 3.63) is 41.9 Å². The van der Waals surface area contributed by atoms with E-state index in [-0.39, 0.29) is 0 Å². The van der Waals surface area contributed by atoms with E-state index in [9.17, 15) is 0 Å². The van der Waals surface area contributed by atoms with E-state index in [1.165, 1.54) is 68.3 Å². The second-order valence-corrected chi connectivity index (χ2v) is 7.30. The van der Waals surface area contributed by atoms with E-state index in [0.29, 0.717) is 5.54 Å². The lowest BCUT2D eigenvalue weighted by Crippen LogP contribution is -2.36. The largest absolute Gasteiger partial charge is 0.328 e. The highest BCUT2D eigenvalue weighted by molar-refractivity contribution is 5.59. The second kappa shape index (κ2) is 6.90. The van der Waals surface area contributed by atoms with Crippen LogP contribution in [-0.2, 0) is 5.54 Å². The number of aromatic nitrogens is 2. The van der Waals surface area contributed by atoms with Gasteiger partial charge in [0.15, 0.2) is 0 Å². The predicted molar refractivity (Wildman–Crippen MR) is 97.7 cm³/mol. The van der Waals surface area contributed by atoms with Gasteiger partial charge in [-0.2, -0.15) is 0 Å². The number of benzene rings is 1. The van der Waals surface area contributed by atoms with Crippen LogP contribution >= 0.6 is 0 Å². The Morgan fingerprint density at radius 2 is 1.91 bits per heavy atom. The summed E-state index contributed by atoms with van der Waals surface area (Å²) in [6.07, 6.45) is 13.0. The molecule has 0 spiro atoms. The summed E-state index contributed by atoms with van der Waals surface area (Å²) in [4.78, 5) is 4.91. The summed E-state index contributed by atoms with van der Waals surface area (Å²) >= 11 is 0. The summed E-state index contributed by atoms with van der Waals surface area (Å²) in [6, 6.07) is 8.70. The zero-order valence-corrected chi connectivity index (χ0v) is 14.9. The van der Waals surface area contributed by atoms with Gasteiger partial charge in [-0.1, -0.05) is 62.8 Å². The molecular weight excluding hydrogens is 280 g/mol. The quantitative estimate of drug-likeness (QED) is 0.660. The number of imidazole rings is 1. The Balaban J connectivity index is 1.97. The fourth-order valence-corrected chi connectivity index (χ4v) is 4.22. The molecule has 1 heterocycles. The lowest BCUT2D eigenvalue weighted by atomic mass is 9.78. The molecule has 124 valence electrons. The van der Waals surface area contributed by atoms with Crippen LogP contribution in [-0.4, -0.2) is 9.55 Å². The van der Waals surface area contributed by atoms with Gasteiger partial charge in [0.1, 0.15) is 5.82 Å². The highest BCUT2D eigenvalue weighted by Gasteiger charge is 2.34. The fourth-order valence-electron chi connectivity index (χ4n) is 4.22. The Kier molecular flexibility index (Phi) is 4.89. The van der Waals surface area contributed by atoms with Crippen LogP contribution in [0.15, 0.2) is 30.5 Å². The fraction of sp³-hybridized carbons (Fsp3) is 0.571. The maximum Gasteiger partial charge on any atom is 0.106 e. The normalized spacial score (nSPS) is 17.3. The smallest absolute Gasteiger partial charge is 0.106 e. The Morgan fingerprint density at radius 3 is 2.61 bits per heavy atom. The molecule has 0 radical (unpaired) electrons. The standard InChI is InChI=1S/C21H30N2/c1-4-5-12-21(13-7-6-8-14-21)23-16-20(22-18(23)3)19-11-9-10-17(2)15-19/h9-11,15-16H,4-8,12-14H2,1-3H3. The van der Waals surface area contributed by atoms with Crippen LogP contribution in [0.3, 0.4) is 0 Å². The summed E-state index contributed by atoms with van der Waals surface area (Å²) in [5.41, 5.74) is 3.99. The van der Waals surface area contributed by atoms with Crippen LogP contribution in [0.1, 0.15) is 69.7 Å². The van der Waals surface area contributed by atoms with Crippen LogP contribution in [0.2, 0.25) is 0 Å². The lowest BCUT2D eigenvalue weighted by Gasteiger charge is -2.39. The van der Waals surface area contributed by atoms with E-state index >= 15 is 0 Å². The van der Waals surface area contributed by atoms with E-state index in [2.05, 4.69) is 55.8 Å². The van der Waals surface area contributed by atoms with Gasteiger partial charge < -0.3 is 4.57 Å². The topological polar surface area (TPSA) is 17.8 Å². The lowest BCUT2D eigenvalue weighted by molar-refractivity contribution is 0.170. The summed E-state index contributed by atoms with van der Waals surface area (Å²) in [6.45, 7) is 6.63. The first kappa shape index (κ1) is 16.3. The van der Waals surface area contributed by atoms with Crippen LogP contribution in [0.4, 0.5) is 0 Å².